The molecular weight excluding hydrogens is 353 g/mol. The van der Waals surface area contributed by atoms with E-state index < -0.39 is 27.0 Å². The maximum absolute atomic E-state index is 12.7. The van der Waals surface area contributed by atoms with Gasteiger partial charge in [-0.1, -0.05) is 6.07 Å². The zero-order valence-electron chi connectivity index (χ0n) is 14.4. The SMILES string of the molecule is CC(C)S(=O)(=O)NC1CCC(CNc2cccc(C(F)(F)F)c2)CC1. The van der Waals surface area contributed by atoms with Gasteiger partial charge in [0.2, 0.25) is 10.0 Å². The number of rotatable bonds is 6. The van der Waals surface area contributed by atoms with Crippen molar-refractivity contribution in [2.24, 2.45) is 5.92 Å². The Balaban J connectivity index is 1.81. The minimum atomic E-state index is -4.34. The molecule has 1 fully saturated rings. The van der Waals surface area contributed by atoms with Crippen molar-refractivity contribution in [3.05, 3.63) is 29.8 Å². The molecule has 1 aliphatic rings. The van der Waals surface area contributed by atoms with E-state index in [-0.39, 0.29) is 6.04 Å². The fraction of sp³-hybridized carbons (Fsp3) is 0.647. The minimum Gasteiger partial charge on any atom is -0.385 e. The first-order chi connectivity index (χ1) is 11.6. The molecule has 0 heterocycles. The Labute approximate surface area is 147 Å². The van der Waals surface area contributed by atoms with Crippen LogP contribution in [-0.2, 0) is 16.2 Å². The largest absolute Gasteiger partial charge is 0.416 e. The van der Waals surface area contributed by atoms with Crippen molar-refractivity contribution in [3.8, 4) is 0 Å². The van der Waals surface area contributed by atoms with Crippen LogP contribution in [0.2, 0.25) is 0 Å². The van der Waals surface area contributed by atoms with E-state index in [4.69, 9.17) is 0 Å². The number of hydrogen-bond donors (Lipinski definition) is 2. The van der Waals surface area contributed by atoms with E-state index in [0.29, 0.717) is 18.2 Å². The lowest BCUT2D eigenvalue weighted by Crippen LogP contribution is -2.41. The number of nitrogens with one attached hydrogen (secondary N) is 2. The van der Waals surface area contributed by atoms with Gasteiger partial charge in [0.1, 0.15) is 0 Å². The van der Waals surface area contributed by atoms with Gasteiger partial charge in [0.05, 0.1) is 10.8 Å². The average Bonchev–Trinajstić information content (AvgIpc) is 2.53. The Morgan fingerprint density at radius 3 is 2.36 bits per heavy atom. The van der Waals surface area contributed by atoms with E-state index >= 15 is 0 Å². The predicted molar refractivity (Wildman–Crippen MR) is 92.9 cm³/mol. The smallest absolute Gasteiger partial charge is 0.385 e. The monoisotopic (exact) mass is 378 g/mol. The first-order valence-corrected chi connectivity index (χ1v) is 10.0. The van der Waals surface area contributed by atoms with Crippen LogP contribution in [0.4, 0.5) is 18.9 Å². The van der Waals surface area contributed by atoms with Crippen LogP contribution in [0.1, 0.15) is 45.1 Å². The molecule has 0 aliphatic heterocycles. The van der Waals surface area contributed by atoms with Crippen LogP contribution in [-0.4, -0.2) is 26.3 Å². The molecule has 2 rings (SSSR count). The molecule has 0 bridgehead atoms. The second kappa shape index (κ2) is 7.95. The van der Waals surface area contributed by atoms with E-state index in [2.05, 4.69) is 10.0 Å². The standard InChI is InChI=1S/C17H25F3N2O2S/c1-12(2)25(23,24)22-15-8-6-13(7-9-15)11-21-16-5-3-4-14(10-16)17(18,19)20/h3-5,10,12-13,15,21-22H,6-9,11H2,1-2H3. The van der Waals surface area contributed by atoms with Gasteiger partial charge in [-0.15, -0.1) is 0 Å². The molecule has 4 nitrogen and oxygen atoms in total. The lowest BCUT2D eigenvalue weighted by Gasteiger charge is -2.29. The molecule has 25 heavy (non-hydrogen) atoms. The molecule has 0 aromatic heterocycles. The van der Waals surface area contributed by atoms with E-state index in [1.807, 2.05) is 0 Å². The number of halogens is 3. The summed E-state index contributed by atoms with van der Waals surface area (Å²) in [5.74, 6) is 0.328. The second-order valence-electron chi connectivity index (χ2n) is 6.89. The molecule has 1 aromatic rings. The van der Waals surface area contributed by atoms with Gasteiger partial charge in [-0.05, 0) is 63.6 Å². The molecule has 0 saturated heterocycles. The third-order valence-corrected chi connectivity index (χ3v) is 6.49. The first kappa shape index (κ1) is 20.0. The summed E-state index contributed by atoms with van der Waals surface area (Å²) in [7, 11) is -3.26. The number of hydrogen-bond acceptors (Lipinski definition) is 3. The predicted octanol–water partition coefficient (Wildman–Crippen LogP) is 4.00. The van der Waals surface area contributed by atoms with E-state index in [1.54, 1.807) is 19.9 Å². The summed E-state index contributed by atoms with van der Waals surface area (Å²) in [6.07, 6.45) is -1.15. The van der Waals surface area contributed by atoms with Gasteiger partial charge in [0, 0.05) is 18.3 Å². The average molecular weight is 378 g/mol. The van der Waals surface area contributed by atoms with Crippen LogP contribution in [0, 0.1) is 5.92 Å². The summed E-state index contributed by atoms with van der Waals surface area (Å²) in [6, 6.07) is 5.14. The van der Waals surface area contributed by atoms with Crippen molar-refractivity contribution >= 4 is 15.7 Å². The molecular formula is C17H25F3N2O2S. The topological polar surface area (TPSA) is 58.2 Å². The first-order valence-electron chi connectivity index (χ1n) is 8.50. The maximum atomic E-state index is 12.7. The third-order valence-electron chi connectivity index (χ3n) is 4.58. The number of sulfonamides is 1. The number of anilines is 1. The lowest BCUT2D eigenvalue weighted by molar-refractivity contribution is -0.137. The van der Waals surface area contributed by atoms with Crippen molar-refractivity contribution in [3.63, 3.8) is 0 Å². The quantitative estimate of drug-likeness (QED) is 0.787. The molecule has 1 aromatic carbocycles. The van der Waals surface area contributed by atoms with Crippen molar-refractivity contribution in [2.45, 2.75) is 57.0 Å². The molecule has 2 N–H and O–H groups in total. The summed E-state index contributed by atoms with van der Waals surface area (Å²) in [5, 5.41) is 2.62. The maximum Gasteiger partial charge on any atom is 0.416 e. The van der Waals surface area contributed by atoms with Gasteiger partial charge in [0.25, 0.3) is 0 Å². The minimum absolute atomic E-state index is 0.0443. The molecule has 142 valence electrons. The Hall–Kier alpha value is -1.28. The van der Waals surface area contributed by atoms with Crippen molar-refractivity contribution in [1.82, 2.24) is 4.72 Å². The fourth-order valence-corrected chi connectivity index (χ4v) is 3.89. The van der Waals surface area contributed by atoms with E-state index in [1.165, 1.54) is 6.07 Å². The van der Waals surface area contributed by atoms with Gasteiger partial charge in [-0.3, -0.25) is 0 Å². The van der Waals surface area contributed by atoms with E-state index in [9.17, 15) is 21.6 Å². The molecule has 0 unspecified atom stereocenters. The molecule has 0 amide bonds. The molecule has 1 saturated carbocycles. The summed E-state index contributed by atoms with van der Waals surface area (Å²) < 4.78 is 64.7. The Kier molecular flexibility index (Phi) is 6.37. The lowest BCUT2D eigenvalue weighted by atomic mass is 9.86. The van der Waals surface area contributed by atoms with Crippen LogP contribution in [0.5, 0.6) is 0 Å². The highest BCUT2D eigenvalue weighted by Gasteiger charge is 2.30. The summed E-state index contributed by atoms with van der Waals surface area (Å²) >= 11 is 0. The molecule has 0 atom stereocenters. The summed E-state index contributed by atoms with van der Waals surface area (Å²) in [5.41, 5.74) is -0.207. The summed E-state index contributed by atoms with van der Waals surface area (Å²) in [6.45, 7) is 3.88. The van der Waals surface area contributed by atoms with Crippen LogP contribution < -0.4 is 10.0 Å². The summed E-state index contributed by atoms with van der Waals surface area (Å²) in [4.78, 5) is 0. The molecule has 0 spiro atoms. The van der Waals surface area contributed by atoms with Crippen molar-refractivity contribution < 1.29 is 21.6 Å². The Morgan fingerprint density at radius 2 is 1.80 bits per heavy atom. The highest BCUT2D eigenvalue weighted by Crippen LogP contribution is 2.31. The van der Waals surface area contributed by atoms with Crippen molar-refractivity contribution in [2.75, 3.05) is 11.9 Å². The zero-order chi connectivity index (χ0) is 18.7. The van der Waals surface area contributed by atoms with Crippen molar-refractivity contribution in [1.29, 1.82) is 0 Å². The highest BCUT2D eigenvalue weighted by molar-refractivity contribution is 7.90. The van der Waals surface area contributed by atoms with E-state index in [0.717, 1.165) is 37.8 Å². The third kappa shape index (κ3) is 5.88. The van der Waals surface area contributed by atoms with Gasteiger partial charge < -0.3 is 5.32 Å². The second-order valence-corrected chi connectivity index (χ2v) is 9.16. The Morgan fingerprint density at radius 1 is 1.16 bits per heavy atom. The fourth-order valence-electron chi connectivity index (χ4n) is 2.92. The van der Waals surface area contributed by atoms with Gasteiger partial charge in [-0.2, -0.15) is 13.2 Å². The van der Waals surface area contributed by atoms with Gasteiger partial charge >= 0.3 is 6.18 Å². The van der Waals surface area contributed by atoms with Gasteiger partial charge in [-0.25, -0.2) is 13.1 Å². The molecule has 1 aliphatic carbocycles. The normalized spacial score (nSPS) is 22.2. The van der Waals surface area contributed by atoms with Gasteiger partial charge in [0.15, 0.2) is 0 Å². The molecule has 0 radical (unpaired) electrons. The van der Waals surface area contributed by atoms with Crippen LogP contribution in [0.25, 0.3) is 0 Å². The van der Waals surface area contributed by atoms with Crippen LogP contribution in [0.15, 0.2) is 24.3 Å². The number of benzene rings is 1. The van der Waals surface area contributed by atoms with Crippen LogP contribution >= 0.6 is 0 Å². The van der Waals surface area contributed by atoms with Crippen LogP contribution in [0.3, 0.4) is 0 Å². The highest BCUT2D eigenvalue weighted by atomic mass is 32.2. The molecule has 8 heteroatoms. The zero-order valence-corrected chi connectivity index (χ0v) is 15.3. The number of alkyl halides is 3. The Bertz CT molecular complexity index is 667.